The number of Topliss-reactive ketones (excluding diaryl/α,β-unsaturated/α-hetero) is 1. The number of carbonyl (C=O) groups excluding carboxylic acids is 2. The molecule has 0 bridgehead atoms. The van der Waals surface area contributed by atoms with Crippen molar-refractivity contribution in [1.29, 1.82) is 0 Å². The van der Waals surface area contributed by atoms with E-state index in [4.69, 9.17) is 4.55 Å². The van der Waals surface area contributed by atoms with Gasteiger partial charge in [0.2, 0.25) is 0 Å². The first-order valence-corrected chi connectivity index (χ1v) is 7.13. The van der Waals surface area contributed by atoms with Crippen LogP contribution in [-0.4, -0.2) is 36.5 Å². The second kappa shape index (κ2) is 5.94. The highest BCUT2D eigenvalue weighted by Gasteiger charge is 2.24. The largest absolute Gasteiger partial charge is 0.341 e. The fourth-order valence-corrected chi connectivity index (χ4v) is 2.27. The quantitative estimate of drug-likeness (QED) is 0.770. The van der Waals surface area contributed by atoms with Crippen molar-refractivity contribution in [2.45, 2.75) is 19.9 Å². The molecule has 0 fully saturated rings. The van der Waals surface area contributed by atoms with Crippen molar-refractivity contribution in [3.8, 4) is 0 Å². The number of rotatable bonds is 5. The van der Waals surface area contributed by atoms with Gasteiger partial charge in [-0.2, -0.15) is 8.42 Å². The third-order valence-corrected chi connectivity index (χ3v) is 3.32. The van der Waals surface area contributed by atoms with Crippen molar-refractivity contribution < 1.29 is 22.6 Å². The van der Waals surface area contributed by atoms with E-state index in [2.05, 4.69) is 5.32 Å². The number of hydrogen-bond donors (Lipinski definition) is 2. The molecule has 19 heavy (non-hydrogen) atoms. The van der Waals surface area contributed by atoms with Crippen LogP contribution < -0.4 is 5.32 Å². The van der Waals surface area contributed by atoms with Gasteiger partial charge in [0.25, 0.3) is 16.0 Å². The van der Waals surface area contributed by atoms with Gasteiger partial charge in [0.15, 0.2) is 5.78 Å². The van der Waals surface area contributed by atoms with Crippen LogP contribution in [-0.2, 0) is 14.9 Å². The highest BCUT2D eigenvalue weighted by molar-refractivity contribution is 7.85. The molecule has 7 heteroatoms. The Morgan fingerprint density at radius 3 is 2.37 bits per heavy atom. The number of aryl methyl sites for hydroxylation is 1. The highest BCUT2D eigenvalue weighted by atomic mass is 32.2. The lowest BCUT2D eigenvalue weighted by molar-refractivity contribution is -0.118. The van der Waals surface area contributed by atoms with E-state index in [0.29, 0.717) is 11.1 Å². The summed E-state index contributed by atoms with van der Waals surface area (Å²) >= 11 is 0. The molecular weight excluding hydrogens is 270 g/mol. The predicted octanol–water partition coefficient (Wildman–Crippen LogP) is 0.570. The number of nitrogens with one attached hydrogen (secondary N) is 1. The van der Waals surface area contributed by atoms with E-state index in [1.807, 2.05) is 0 Å². The zero-order valence-corrected chi connectivity index (χ0v) is 11.4. The van der Waals surface area contributed by atoms with E-state index in [1.54, 1.807) is 31.2 Å². The summed E-state index contributed by atoms with van der Waals surface area (Å²) in [7, 11) is -4.34. The van der Waals surface area contributed by atoms with Crippen LogP contribution in [0.2, 0.25) is 0 Å². The van der Waals surface area contributed by atoms with Gasteiger partial charge in [-0.25, -0.2) is 0 Å². The van der Waals surface area contributed by atoms with Gasteiger partial charge in [-0.1, -0.05) is 18.2 Å². The Bertz CT molecular complexity index is 594. The van der Waals surface area contributed by atoms with Crippen molar-refractivity contribution in [1.82, 2.24) is 5.32 Å². The molecule has 0 radical (unpaired) electrons. The molecule has 0 aliphatic heterocycles. The van der Waals surface area contributed by atoms with Crippen molar-refractivity contribution in [3.05, 3.63) is 35.4 Å². The molecule has 1 amide bonds. The fraction of sp³-hybridized carbons (Fsp3) is 0.333. The molecule has 1 atom stereocenters. The maximum atomic E-state index is 11.9. The average Bonchev–Trinajstić information content (AvgIpc) is 2.26. The lowest BCUT2D eigenvalue weighted by Gasteiger charge is -2.15. The van der Waals surface area contributed by atoms with Crippen LogP contribution in [0.1, 0.15) is 22.8 Å². The second-order valence-corrected chi connectivity index (χ2v) is 5.70. The Balaban J connectivity index is 2.89. The first-order chi connectivity index (χ1) is 8.70. The molecule has 2 N–H and O–H groups in total. The Morgan fingerprint density at radius 1 is 1.32 bits per heavy atom. The molecule has 0 aliphatic rings. The van der Waals surface area contributed by atoms with Crippen LogP contribution in [0.4, 0.5) is 0 Å². The maximum absolute atomic E-state index is 11.9. The lowest BCUT2D eigenvalue weighted by atomic mass is 10.1. The van der Waals surface area contributed by atoms with Crippen LogP contribution in [0.5, 0.6) is 0 Å². The molecular formula is C12H15NO5S. The number of ketones is 1. The molecule has 1 aromatic rings. The molecule has 0 aliphatic carbocycles. The molecule has 104 valence electrons. The molecule has 0 saturated heterocycles. The van der Waals surface area contributed by atoms with Crippen LogP contribution >= 0.6 is 0 Å². The molecule has 0 heterocycles. The van der Waals surface area contributed by atoms with Gasteiger partial charge in [-0.3, -0.25) is 14.1 Å². The van der Waals surface area contributed by atoms with Crippen molar-refractivity contribution in [3.63, 3.8) is 0 Å². The van der Waals surface area contributed by atoms with Gasteiger partial charge >= 0.3 is 0 Å². The summed E-state index contributed by atoms with van der Waals surface area (Å²) in [5, 5.41) is 2.30. The number of carbonyl (C=O) groups is 2. The molecule has 0 saturated carbocycles. The van der Waals surface area contributed by atoms with Gasteiger partial charge in [0, 0.05) is 5.56 Å². The van der Waals surface area contributed by atoms with Crippen LogP contribution in [0, 0.1) is 6.92 Å². The molecule has 0 spiro atoms. The Morgan fingerprint density at radius 2 is 1.89 bits per heavy atom. The minimum absolute atomic E-state index is 0.351. The maximum Gasteiger partial charge on any atom is 0.267 e. The van der Waals surface area contributed by atoms with Gasteiger partial charge < -0.3 is 5.32 Å². The minimum atomic E-state index is -4.34. The van der Waals surface area contributed by atoms with Gasteiger partial charge in [0.05, 0.1) is 0 Å². The van der Waals surface area contributed by atoms with E-state index >= 15 is 0 Å². The SMILES string of the molecule is CC(=O)C(CS(=O)(=O)O)NC(=O)c1ccccc1C. The second-order valence-electron chi connectivity index (χ2n) is 4.20. The monoisotopic (exact) mass is 285 g/mol. The van der Waals surface area contributed by atoms with Crippen LogP contribution in [0.3, 0.4) is 0 Å². The Hall–Kier alpha value is -1.73. The van der Waals surface area contributed by atoms with Crippen molar-refractivity contribution in [2.75, 3.05) is 5.75 Å². The number of benzene rings is 1. The zero-order chi connectivity index (χ0) is 14.6. The van der Waals surface area contributed by atoms with E-state index in [1.165, 1.54) is 0 Å². The van der Waals surface area contributed by atoms with E-state index in [9.17, 15) is 18.0 Å². The van der Waals surface area contributed by atoms with E-state index < -0.39 is 33.6 Å². The van der Waals surface area contributed by atoms with Crippen LogP contribution in [0.15, 0.2) is 24.3 Å². The average molecular weight is 285 g/mol. The van der Waals surface area contributed by atoms with Crippen LogP contribution in [0.25, 0.3) is 0 Å². The Kier molecular flexibility index (Phi) is 4.79. The smallest absolute Gasteiger partial charge is 0.267 e. The third kappa shape index (κ3) is 4.80. The van der Waals surface area contributed by atoms with Gasteiger partial charge in [-0.15, -0.1) is 0 Å². The van der Waals surface area contributed by atoms with Gasteiger partial charge in [-0.05, 0) is 25.5 Å². The first-order valence-electron chi connectivity index (χ1n) is 5.53. The zero-order valence-electron chi connectivity index (χ0n) is 10.6. The standard InChI is InChI=1S/C12H15NO5S/c1-8-5-3-4-6-10(8)12(15)13-11(9(2)14)7-19(16,17)18/h3-6,11H,7H2,1-2H3,(H,13,15)(H,16,17,18). The van der Waals surface area contributed by atoms with Crippen molar-refractivity contribution in [2.24, 2.45) is 0 Å². The predicted molar refractivity (Wildman–Crippen MR) is 69.5 cm³/mol. The molecule has 1 unspecified atom stereocenters. The third-order valence-electron chi connectivity index (χ3n) is 2.56. The first kappa shape index (κ1) is 15.3. The molecule has 1 rings (SSSR count). The number of hydrogen-bond acceptors (Lipinski definition) is 4. The highest BCUT2D eigenvalue weighted by Crippen LogP contribution is 2.07. The van der Waals surface area contributed by atoms with E-state index in [0.717, 1.165) is 6.92 Å². The lowest BCUT2D eigenvalue weighted by Crippen LogP contribution is -2.44. The summed E-state index contributed by atoms with van der Waals surface area (Å²) < 4.78 is 30.3. The summed E-state index contributed by atoms with van der Waals surface area (Å²) in [6.45, 7) is 2.87. The summed E-state index contributed by atoms with van der Waals surface area (Å²) in [6.07, 6.45) is 0. The summed E-state index contributed by atoms with van der Waals surface area (Å²) in [5.74, 6) is -1.93. The molecule has 6 nitrogen and oxygen atoms in total. The normalized spacial score (nSPS) is 12.8. The van der Waals surface area contributed by atoms with E-state index in [-0.39, 0.29) is 0 Å². The minimum Gasteiger partial charge on any atom is -0.341 e. The number of amides is 1. The fourth-order valence-electron chi connectivity index (χ4n) is 1.53. The summed E-state index contributed by atoms with van der Waals surface area (Å²) in [5.41, 5.74) is 1.05. The Labute approximate surface area is 111 Å². The summed E-state index contributed by atoms with van der Waals surface area (Å²) in [4.78, 5) is 23.2. The molecule has 0 aromatic heterocycles. The molecule has 1 aromatic carbocycles. The topological polar surface area (TPSA) is 101 Å². The summed E-state index contributed by atoms with van der Waals surface area (Å²) in [6, 6.07) is 5.44. The van der Waals surface area contributed by atoms with Crippen molar-refractivity contribution >= 4 is 21.8 Å². The van der Waals surface area contributed by atoms with Gasteiger partial charge in [0.1, 0.15) is 11.8 Å².